The van der Waals surface area contributed by atoms with Crippen molar-refractivity contribution in [1.29, 1.82) is 0 Å². The number of hydrogen-bond donors (Lipinski definition) is 2. The number of rotatable bonds is 6. The molecule has 0 bridgehead atoms. The van der Waals surface area contributed by atoms with Crippen LogP contribution in [0.15, 0.2) is 58.9 Å². The summed E-state index contributed by atoms with van der Waals surface area (Å²) in [7, 11) is -3.89. The van der Waals surface area contributed by atoms with Crippen molar-refractivity contribution < 1.29 is 18.3 Å². The van der Waals surface area contributed by atoms with Gasteiger partial charge in [-0.1, -0.05) is 6.07 Å². The van der Waals surface area contributed by atoms with E-state index in [4.69, 9.17) is 0 Å². The third-order valence-electron chi connectivity index (χ3n) is 3.76. The molecule has 0 amide bonds. The molecule has 26 heavy (non-hydrogen) atoms. The maximum atomic E-state index is 12.7. The first-order chi connectivity index (χ1) is 12.4. The lowest BCUT2D eigenvalue weighted by Crippen LogP contribution is -2.24. The van der Waals surface area contributed by atoms with Gasteiger partial charge in [0.15, 0.2) is 0 Å². The highest BCUT2D eigenvalue weighted by molar-refractivity contribution is 7.89. The largest absolute Gasteiger partial charge is 0.478 e. The number of hydrogen-bond acceptors (Lipinski definition) is 5. The zero-order valence-electron chi connectivity index (χ0n) is 13.8. The normalized spacial score (nSPS) is 11.4. The van der Waals surface area contributed by atoms with Crippen molar-refractivity contribution in [2.75, 3.05) is 0 Å². The van der Waals surface area contributed by atoms with E-state index in [1.165, 1.54) is 23.5 Å². The fourth-order valence-corrected chi connectivity index (χ4v) is 4.42. The second kappa shape index (κ2) is 7.36. The number of carboxylic acid groups (broad SMARTS) is 1. The van der Waals surface area contributed by atoms with Crippen molar-refractivity contribution >= 4 is 27.3 Å². The van der Waals surface area contributed by atoms with Gasteiger partial charge >= 0.3 is 5.97 Å². The molecule has 0 aliphatic rings. The summed E-state index contributed by atoms with van der Waals surface area (Å²) in [6.45, 7) is 1.92. The van der Waals surface area contributed by atoms with Crippen LogP contribution >= 0.6 is 11.3 Å². The lowest BCUT2D eigenvalue weighted by molar-refractivity contribution is 0.0696. The average molecular weight is 388 g/mol. The monoisotopic (exact) mass is 388 g/mol. The highest BCUT2D eigenvalue weighted by atomic mass is 32.2. The van der Waals surface area contributed by atoms with Gasteiger partial charge in [0.25, 0.3) is 0 Å². The molecule has 0 unspecified atom stereocenters. The van der Waals surface area contributed by atoms with E-state index in [1.54, 1.807) is 24.4 Å². The second-order valence-corrected chi connectivity index (χ2v) is 8.31. The van der Waals surface area contributed by atoms with Gasteiger partial charge in [0.2, 0.25) is 10.0 Å². The maximum absolute atomic E-state index is 12.7. The summed E-state index contributed by atoms with van der Waals surface area (Å²) >= 11 is 1.43. The molecule has 6 nitrogen and oxygen atoms in total. The fourth-order valence-electron chi connectivity index (χ4n) is 2.43. The predicted molar refractivity (Wildman–Crippen MR) is 99.7 cm³/mol. The molecule has 2 N–H and O–H groups in total. The van der Waals surface area contributed by atoms with Crippen molar-refractivity contribution in [2.24, 2.45) is 0 Å². The van der Waals surface area contributed by atoms with Crippen LogP contribution in [0.4, 0.5) is 0 Å². The topological polar surface area (TPSA) is 96.4 Å². The van der Waals surface area contributed by atoms with Crippen molar-refractivity contribution in [1.82, 2.24) is 9.71 Å². The minimum absolute atomic E-state index is 0.0217. The molecule has 0 spiro atoms. The molecule has 8 heteroatoms. The van der Waals surface area contributed by atoms with Crippen LogP contribution in [0.1, 0.15) is 21.6 Å². The standard InChI is InChI=1S/C18H16N2O4S2/c1-12-5-7-25-17(12)13-8-14(18(21)22)10-16(9-13)26(23,24)20-11-15-4-2-3-6-19-15/h2-10,20H,11H2,1H3,(H,21,22). The Balaban J connectivity index is 1.99. The van der Waals surface area contributed by atoms with E-state index in [0.29, 0.717) is 11.3 Å². The molecule has 1 aromatic carbocycles. The van der Waals surface area contributed by atoms with Crippen LogP contribution in [-0.2, 0) is 16.6 Å². The molecule has 2 heterocycles. The first-order valence-electron chi connectivity index (χ1n) is 7.69. The highest BCUT2D eigenvalue weighted by Gasteiger charge is 2.19. The molecule has 0 radical (unpaired) electrons. The molecular formula is C18H16N2O4S2. The number of pyridine rings is 1. The van der Waals surface area contributed by atoms with Crippen LogP contribution < -0.4 is 4.72 Å². The zero-order chi connectivity index (χ0) is 18.7. The lowest BCUT2D eigenvalue weighted by Gasteiger charge is -2.10. The van der Waals surface area contributed by atoms with Gasteiger partial charge in [-0.25, -0.2) is 17.9 Å². The van der Waals surface area contributed by atoms with Gasteiger partial charge in [-0.05, 0) is 59.8 Å². The first kappa shape index (κ1) is 18.2. The van der Waals surface area contributed by atoms with Crippen molar-refractivity contribution in [3.05, 3.63) is 70.9 Å². The summed E-state index contributed by atoms with van der Waals surface area (Å²) in [5.41, 5.74) is 2.02. The molecule has 0 saturated carbocycles. The van der Waals surface area contributed by atoms with Gasteiger partial charge < -0.3 is 5.11 Å². The molecule has 134 valence electrons. The minimum Gasteiger partial charge on any atom is -0.478 e. The summed E-state index contributed by atoms with van der Waals surface area (Å²) in [6, 6.07) is 11.3. The summed E-state index contributed by atoms with van der Waals surface area (Å²) in [6.07, 6.45) is 1.58. The molecule has 0 fully saturated rings. The maximum Gasteiger partial charge on any atom is 0.335 e. The molecule has 2 aromatic heterocycles. The second-order valence-electron chi connectivity index (χ2n) is 5.63. The Morgan fingerprint density at radius 1 is 1.23 bits per heavy atom. The van der Waals surface area contributed by atoms with Crippen LogP contribution in [0, 0.1) is 6.92 Å². The average Bonchev–Trinajstić information content (AvgIpc) is 3.06. The van der Waals surface area contributed by atoms with E-state index in [1.807, 2.05) is 18.4 Å². The molecule has 0 saturated heterocycles. The lowest BCUT2D eigenvalue weighted by atomic mass is 10.1. The minimum atomic E-state index is -3.89. The Kier molecular flexibility index (Phi) is 5.17. The number of benzene rings is 1. The van der Waals surface area contributed by atoms with Crippen LogP contribution in [0.2, 0.25) is 0 Å². The van der Waals surface area contributed by atoms with E-state index in [2.05, 4.69) is 9.71 Å². The molecule has 3 aromatic rings. The number of thiophene rings is 1. The van der Waals surface area contributed by atoms with Gasteiger partial charge in [0.1, 0.15) is 0 Å². The van der Waals surface area contributed by atoms with Crippen LogP contribution in [0.25, 0.3) is 10.4 Å². The molecule has 0 atom stereocenters. The quantitative estimate of drug-likeness (QED) is 0.675. The molecule has 3 rings (SSSR count). The number of sulfonamides is 1. The third-order valence-corrected chi connectivity index (χ3v) is 6.20. The Labute approximate surface area is 155 Å². The predicted octanol–water partition coefficient (Wildman–Crippen LogP) is 3.30. The first-order valence-corrected chi connectivity index (χ1v) is 10.1. The van der Waals surface area contributed by atoms with E-state index in [9.17, 15) is 18.3 Å². The smallest absolute Gasteiger partial charge is 0.335 e. The summed E-state index contributed by atoms with van der Waals surface area (Å²) in [4.78, 5) is 16.3. The number of carboxylic acids is 1. The van der Waals surface area contributed by atoms with Crippen LogP contribution in [-0.4, -0.2) is 24.5 Å². The molecule has 0 aliphatic carbocycles. The van der Waals surface area contributed by atoms with Crippen LogP contribution in [0.3, 0.4) is 0 Å². The van der Waals surface area contributed by atoms with Crippen molar-refractivity contribution in [2.45, 2.75) is 18.4 Å². The Morgan fingerprint density at radius 3 is 2.65 bits per heavy atom. The Bertz CT molecular complexity index is 1040. The fraction of sp³-hybridized carbons (Fsp3) is 0.111. The molecular weight excluding hydrogens is 372 g/mol. The number of nitrogens with zero attached hydrogens (tertiary/aromatic N) is 1. The van der Waals surface area contributed by atoms with Gasteiger partial charge in [-0.2, -0.15) is 0 Å². The van der Waals surface area contributed by atoms with E-state index in [-0.39, 0.29) is 17.0 Å². The number of aryl methyl sites for hydroxylation is 1. The Morgan fingerprint density at radius 2 is 2.04 bits per heavy atom. The van der Waals surface area contributed by atoms with Crippen molar-refractivity contribution in [3.63, 3.8) is 0 Å². The van der Waals surface area contributed by atoms with Gasteiger partial charge in [0.05, 0.1) is 22.7 Å². The number of carbonyl (C=O) groups is 1. The van der Waals surface area contributed by atoms with Crippen LogP contribution in [0.5, 0.6) is 0 Å². The van der Waals surface area contributed by atoms with Gasteiger partial charge in [-0.3, -0.25) is 4.98 Å². The summed E-state index contributed by atoms with van der Waals surface area (Å²) in [5.74, 6) is -1.18. The van der Waals surface area contributed by atoms with Gasteiger partial charge in [0, 0.05) is 11.1 Å². The highest BCUT2D eigenvalue weighted by Crippen LogP contribution is 2.31. The number of nitrogens with one attached hydrogen (secondary N) is 1. The molecule has 0 aliphatic heterocycles. The van der Waals surface area contributed by atoms with E-state index >= 15 is 0 Å². The van der Waals surface area contributed by atoms with E-state index in [0.717, 1.165) is 16.5 Å². The zero-order valence-corrected chi connectivity index (χ0v) is 15.5. The Hall–Kier alpha value is -2.55. The van der Waals surface area contributed by atoms with Gasteiger partial charge in [-0.15, -0.1) is 11.3 Å². The number of aromatic nitrogens is 1. The SMILES string of the molecule is Cc1ccsc1-c1cc(C(=O)O)cc(S(=O)(=O)NCc2ccccn2)c1. The summed E-state index contributed by atoms with van der Waals surface area (Å²) < 4.78 is 27.8. The third kappa shape index (κ3) is 3.98. The van der Waals surface area contributed by atoms with Crippen molar-refractivity contribution in [3.8, 4) is 10.4 Å². The van der Waals surface area contributed by atoms with E-state index < -0.39 is 16.0 Å². The summed E-state index contributed by atoms with van der Waals surface area (Å²) in [5, 5.41) is 11.2. The number of aromatic carboxylic acids is 1.